The fraction of sp³-hybridized carbons (Fsp3) is 0.135. The third-order valence-electron chi connectivity index (χ3n) is 9.03. The third-order valence-corrected chi connectivity index (χ3v) is 10.0. The zero-order valence-electron chi connectivity index (χ0n) is 23.2. The lowest BCUT2D eigenvalue weighted by atomic mass is 9.34. The SMILES string of the molecule is c1ccc(Sc2ccc3c(c2)Oc2cccc4c2B3c2c(cccc2-n2c3c(c5ccccc52)CCCCC3)O4)cc1. The minimum Gasteiger partial charge on any atom is -0.458 e. The molecule has 9 rings (SSSR count). The van der Waals surface area contributed by atoms with Gasteiger partial charge < -0.3 is 14.0 Å². The van der Waals surface area contributed by atoms with E-state index in [0.717, 1.165) is 41.3 Å². The van der Waals surface area contributed by atoms with E-state index in [4.69, 9.17) is 9.47 Å². The first kappa shape index (κ1) is 24.3. The summed E-state index contributed by atoms with van der Waals surface area (Å²) in [6, 6.07) is 39.0. The summed E-state index contributed by atoms with van der Waals surface area (Å²) < 4.78 is 15.8. The molecule has 0 N–H and O–H groups in total. The van der Waals surface area contributed by atoms with Crippen LogP contribution in [0.4, 0.5) is 0 Å². The van der Waals surface area contributed by atoms with E-state index < -0.39 is 0 Å². The number of rotatable bonds is 3. The van der Waals surface area contributed by atoms with Gasteiger partial charge in [-0.1, -0.05) is 72.8 Å². The summed E-state index contributed by atoms with van der Waals surface area (Å²) in [7, 11) is 0. The highest BCUT2D eigenvalue weighted by Gasteiger charge is 2.42. The molecule has 1 aromatic heterocycles. The van der Waals surface area contributed by atoms with Crippen LogP contribution in [0.3, 0.4) is 0 Å². The minimum atomic E-state index is 0.0123. The zero-order valence-corrected chi connectivity index (χ0v) is 24.0. The van der Waals surface area contributed by atoms with Crippen molar-refractivity contribution in [1.82, 2.24) is 4.57 Å². The van der Waals surface area contributed by atoms with E-state index in [1.807, 2.05) is 6.07 Å². The molecular weight excluding hydrogens is 533 g/mol. The monoisotopic (exact) mass is 561 g/mol. The van der Waals surface area contributed by atoms with Gasteiger partial charge in [0.05, 0.1) is 5.52 Å². The number of para-hydroxylation sites is 1. The van der Waals surface area contributed by atoms with Gasteiger partial charge in [-0.25, -0.2) is 0 Å². The number of fused-ring (bicyclic) bond motifs is 7. The molecule has 0 fully saturated rings. The van der Waals surface area contributed by atoms with Crippen molar-refractivity contribution < 1.29 is 9.47 Å². The lowest BCUT2D eigenvalue weighted by Gasteiger charge is -2.34. The average molecular weight is 562 g/mol. The van der Waals surface area contributed by atoms with Gasteiger partial charge in [0.2, 0.25) is 0 Å². The maximum absolute atomic E-state index is 6.66. The molecule has 2 aliphatic heterocycles. The van der Waals surface area contributed by atoms with Crippen molar-refractivity contribution in [1.29, 1.82) is 0 Å². The number of nitrogens with zero attached hydrogens (tertiary/aromatic N) is 1. The van der Waals surface area contributed by atoms with Gasteiger partial charge in [0.1, 0.15) is 23.0 Å². The van der Waals surface area contributed by atoms with Crippen LogP contribution in [0.2, 0.25) is 0 Å². The highest BCUT2D eigenvalue weighted by Crippen LogP contribution is 2.39. The molecule has 42 heavy (non-hydrogen) atoms. The maximum Gasteiger partial charge on any atom is 0.263 e. The summed E-state index contributed by atoms with van der Waals surface area (Å²) in [5.41, 5.74) is 9.02. The predicted octanol–water partition coefficient (Wildman–Crippen LogP) is 7.78. The highest BCUT2D eigenvalue weighted by molar-refractivity contribution is 7.99. The van der Waals surface area contributed by atoms with Crippen LogP contribution in [-0.2, 0) is 12.8 Å². The normalized spacial score (nSPS) is 14.6. The molecule has 5 aromatic carbocycles. The van der Waals surface area contributed by atoms with Crippen molar-refractivity contribution in [2.75, 3.05) is 0 Å². The van der Waals surface area contributed by atoms with Crippen molar-refractivity contribution in [3.05, 3.63) is 120 Å². The summed E-state index contributed by atoms with van der Waals surface area (Å²) in [6.07, 6.45) is 6.00. The number of ether oxygens (including phenoxy) is 2. The Morgan fingerprint density at radius 3 is 2.21 bits per heavy atom. The molecule has 0 unspecified atom stereocenters. The fourth-order valence-corrected chi connectivity index (χ4v) is 8.13. The highest BCUT2D eigenvalue weighted by atomic mass is 32.2. The van der Waals surface area contributed by atoms with Crippen LogP contribution in [0, 0.1) is 0 Å². The zero-order chi connectivity index (χ0) is 27.6. The molecule has 0 saturated carbocycles. The van der Waals surface area contributed by atoms with Crippen LogP contribution < -0.4 is 25.9 Å². The second kappa shape index (κ2) is 9.60. The van der Waals surface area contributed by atoms with Crippen molar-refractivity contribution in [2.24, 2.45) is 0 Å². The Kier molecular flexibility index (Phi) is 5.55. The molecule has 3 nitrogen and oxygen atoms in total. The fourth-order valence-electron chi connectivity index (χ4n) is 7.26. The van der Waals surface area contributed by atoms with Gasteiger partial charge in [-0.05, 0) is 96.8 Å². The van der Waals surface area contributed by atoms with Gasteiger partial charge in [0.25, 0.3) is 6.71 Å². The summed E-state index contributed by atoms with van der Waals surface area (Å²) in [5, 5.41) is 1.39. The van der Waals surface area contributed by atoms with Crippen LogP contribution in [-0.4, -0.2) is 11.3 Å². The molecule has 6 aromatic rings. The molecule has 0 bridgehead atoms. The average Bonchev–Trinajstić information content (AvgIpc) is 3.15. The molecule has 0 saturated heterocycles. The largest absolute Gasteiger partial charge is 0.458 e. The molecule has 3 aliphatic rings. The number of aryl methyl sites for hydroxylation is 1. The first-order valence-corrected chi connectivity index (χ1v) is 15.7. The topological polar surface area (TPSA) is 23.4 Å². The van der Waals surface area contributed by atoms with E-state index >= 15 is 0 Å². The van der Waals surface area contributed by atoms with Crippen LogP contribution in [0.15, 0.2) is 119 Å². The van der Waals surface area contributed by atoms with Crippen LogP contribution in [0.1, 0.15) is 30.5 Å². The van der Waals surface area contributed by atoms with E-state index in [1.165, 1.54) is 67.8 Å². The predicted molar refractivity (Wildman–Crippen MR) is 173 cm³/mol. The number of aromatic nitrogens is 1. The van der Waals surface area contributed by atoms with Gasteiger partial charge in [-0.15, -0.1) is 0 Å². The lowest BCUT2D eigenvalue weighted by molar-refractivity contribution is 0.464. The van der Waals surface area contributed by atoms with Gasteiger partial charge in [0.15, 0.2) is 0 Å². The van der Waals surface area contributed by atoms with Crippen LogP contribution in [0.25, 0.3) is 16.6 Å². The molecule has 1 aliphatic carbocycles. The standard InChI is InChI=1S/C37H28BNO2S/c1-3-11-24(12-4-1)42-25-21-22-28-35(23-25)41-34-20-10-19-33-37(34)38(28)36-31(17-9-18-32(36)40-33)39-29-15-6-2-5-13-26(29)27-14-7-8-16-30(27)39/h1,3-4,7-12,14,16-23H,2,5-6,13,15H2. The van der Waals surface area contributed by atoms with Crippen molar-refractivity contribution >= 4 is 45.8 Å². The molecular formula is C37H28BNO2S. The molecule has 0 spiro atoms. The van der Waals surface area contributed by atoms with E-state index in [-0.39, 0.29) is 6.71 Å². The molecule has 0 atom stereocenters. The Bertz CT molecular complexity index is 2010. The van der Waals surface area contributed by atoms with Gasteiger partial charge >= 0.3 is 0 Å². The molecule has 202 valence electrons. The lowest BCUT2D eigenvalue weighted by Crippen LogP contribution is -2.58. The second-order valence-corrected chi connectivity index (χ2v) is 12.6. The summed E-state index contributed by atoms with van der Waals surface area (Å²) >= 11 is 1.76. The Morgan fingerprint density at radius 2 is 1.33 bits per heavy atom. The summed E-state index contributed by atoms with van der Waals surface area (Å²) in [4.78, 5) is 2.39. The van der Waals surface area contributed by atoms with Crippen LogP contribution in [0.5, 0.6) is 23.0 Å². The summed E-state index contributed by atoms with van der Waals surface area (Å²) in [5.74, 6) is 3.61. The summed E-state index contributed by atoms with van der Waals surface area (Å²) in [6.45, 7) is 0.0123. The molecule has 0 radical (unpaired) electrons. The van der Waals surface area contributed by atoms with Crippen molar-refractivity contribution in [3.63, 3.8) is 0 Å². The quantitative estimate of drug-likeness (QED) is 0.163. The third kappa shape index (κ3) is 3.69. The molecule has 5 heteroatoms. The Morgan fingerprint density at radius 1 is 0.595 bits per heavy atom. The number of hydrogen-bond donors (Lipinski definition) is 0. The van der Waals surface area contributed by atoms with Crippen molar-refractivity contribution in [3.8, 4) is 28.7 Å². The van der Waals surface area contributed by atoms with Gasteiger partial charge in [-0.2, -0.15) is 0 Å². The smallest absolute Gasteiger partial charge is 0.263 e. The van der Waals surface area contributed by atoms with Crippen LogP contribution >= 0.6 is 11.8 Å². The van der Waals surface area contributed by atoms with E-state index in [2.05, 4.69) is 108 Å². The van der Waals surface area contributed by atoms with Gasteiger partial charge in [0, 0.05) is 32.0 Å². The molecule has 0 amide bonds. The van der Waals surface area contributed by atoms with E-state index in [9.17, 15) is 0 Å². The van der Waals surface area contributed by atoms with Crippen molar-refractivity contribution in [2.45, 2.75) is 41.9 Å². The molecule has 3 heterocycles. The van der Waals surface area contributed by atoms with E-state index in [0.29, 0.717) is 0 Å². The first-order chi connectivity index (χ1) is 20.8. The Balaban J connectivity index is 1.27. The Labute approximate surface area is 250 Å². The first-order valence-electron chi connectivity index (χ1n) is 14.9. The maximum atomic E-state index is 6.66. The Hall–Kier alpha value is -4.35. The van der Waals surface area contributed by atoms with E-state index in [1.54, 1.807) is 11.8 Å². The second-order valence-electron chi connectivity index (χ2n) is 11.4. The number of hydrogen-bond acceptors (Lipinski definition) is 3. The van der Waals surface area contributed by atoms with Gasteiger partial charge in [-0.3, -0.25) is 0 Å². The minimum absolute atomic E-state index is 0.0123. The number of benzene rings is 5.